The minimum Gasteiger partial charge on any atom is -0.366 e. The van der Waals surface area contributed by atoms with Gasteiger partial charge in [-0.05, 0) is 6.42 Å². The molecule has 1 saturated heterocycles. The first-order valence-corrected chi connectivity index (χ1v) is 5.04. The molecule has 86 valence electrons. The number of nitro groups is 2. The van der Waals surface area contributed by atoms with E-state index in [4.69, 9.17) is 4.74 Å². The quantitative estimate of drug-likeness (QED) is 0.241. The molecule has 0 amide bonds. The van der Waals surface area contributed by atoms with Gasteiger partial charge in [0.25, 0.3) is 0 Å². The van der Waals surface area contributed by atoms with E-state index < -0.39 is 14.4 Å². The smallest absolute Gasteiger partial charge is 0.366 e. The molecule has 0 bridgehead atoms. The average molecular weight is 284 g/mol. The Morgan fingerprint density at radius 3 is 2.40 bits per heavy atom. The summed E-state index contributed by atoms with van der Waals surface area (Å²) in [4.78, 5) is 20.8. The lowest BCUT2D eigenvalue weighted by atomic mass is 10.3. The predicted octanol–water partition coefficient (Wildman–Crippen LogP) is 0.268. The maximum Gasteiger partial charge on any atom is 0.523 e. The highest BCUT2D eigenvalue weighted by Crippen LogP contribution is 2.22. The lowest BCUT2D eigenvalue weighted by Gasteiger charge is -2.26. The maximum atomic E-state index is 10.6. The summed E-state index contributed by atoms with van der Waals surface area (Å²) in [5.41, 5.74) is 0. The molecule has 1 fully saturated rings. The van der Waals surface area contributed by atoms with Crippen LogP contribution < -0.4 is 0 Å². The number of nitrogens with zero attached hydrogens (tertiary/aromatic N) is 3. The normalized spacial score (nSPS) is 18.7. The zero-order chi connectivity index (χ0) is 11.5. The Balaban J connectivity index is 2.65. The van der Waals surface area contributed by atoms with Gasteiger partial charge in [-0.2, -0.15) is 0 Å². The molecule has 8 nitrogen and oxygen atoms in total. The summed E-state index contributed by atoms with van der Waals surface area (Å²) in [6, 6.07) is 0. The van der Waals surface area contributed by atoms with E-state index >= 15 is 0 Å². The van der Waals surface area contributed by atoms with E-state index in [9.17, 15) is 20.2 Å². The highest BCUT2D eigenvalue weighted by Gasteiger charge is 2.54. The Labute approximate surface area is 93.6 Å². The molecule has 1 aliphatic rings. The number of hydrogen-bond acceptors (Lipinski definition) is 6. The van der Waals surface area contributed by atoms with Gasteiger partial charge in [0.2, 0.25) is 0 Å². The van der Waals surface area contributed by atoms with Crippen LogP contribution in [0.1, 0.15) is 6.42 Å². The Kier molecular flexibility index (Phi) is 3.94. The van der Waals surface area contributed by atoms with E-state index in [1.54, 1.807) is 0 Å². The van der Waals surface area contributed by atoms with Gasteiger partial charge in [0, 0.05) is 13.2 Å². The summed E-state index contributed by atoms with van der Waals surface area (Å²) >= 11 is 2.55. The number of rotatable bonds is 4. The van der Waals surface area contributed by atoms with Crippen LogP contribution in [0.15, 0.2) is 0 Å². The fourth-order valence-electron chi connectivity index (χ4n) is 1.24. The summed E-state index contributed by atoms with van der Waals surface area (Å²) in [6.45, 7) is 1.03. The van der Waals surface area contributed by atoms with Gasteiger partial charge in [-0.25, -0.2) is 0 Å². The molecular weight excluding hydrogens is 274 g/mol. The van der Waals surface area contributed by atoms with Crippen molar-refractivity contribution in [1.82, 2.24) is 4.90 Å². The standard InChI is InChI=1S/C6H10BrN3O5/c7-6(9(11)12,10(13)14)4-8-2-1-3-15-5-8/h1-5H2. The molecule has 0 spiro atoms. The molecule has 0 aromatic carbocycles. The summed E-state index contributed by atoms with van der Waals surface area (Å²) in [6.07, 6.45) is 0.721. The zero-order valence-corrected chi connectivity index (χ0v) is 9.38. The third-order valence-corrected chi connectivity index (χ3v) is 2.85. The first kappa shape index (κ1) is 12.3. The third-order valence-electron chi connectivity index (χ3n) is 2.02. The Morgan fingerprint density at radius 1 is 1.40 bits per heavy atom. The molecule has 0 saturated carbocycles. The van der Waals surface area contributed by atoms with Crippen molar-refractivity contribution in [3.05, 3.63) is 20.2 Å². The minimum absolute atomic E-state index is 0.190. The van der Waals surface area contributed by atoms with Gasteiger partial charge in [0.15, 0.2) is 6.54 Å². The van der Waals surface area contributed by atoms with E-state index in [0.29, 0.717) is 13.2 Å². The number of hydrogen-bond donors (Lipinski definition) is 0. The molecule has 0 aromatic rings. The first-order chi connectivity index (χ1) is 6.97. The Hall–Kier alpha value is -0.800. The second kappa shape index (κ2) is 4.81. The van der Waals surface area contributed by atoms with E-state index in [1.165, 1.54) is 4.90 Å². The zero-order valence-electron chi connectivity index (χ0n) is 7.80. The summed E-state index contributed by atoms with van der Waals surface area (Å²) in [5.74, 6) is 0. The average Bonchev–Trinajstić information content (AvgIpc) is 2.18. The van der Waals surface area contributed by atoms with Crippen LogP contribution in [-0.4, -0.2) is 45.7 Å². The topological polar surface area (TPSA) is 98.8 Å². The summed E-state index contributed by atoms with van der Waals surface area (Å²) in [7, 11) is 0. The van der Waals surface area contributed by atoms with E-state index in [2.05, 4.69) is 15.9 Å². The van der Waals surface area contributed by atoms with Crippen LogP contribution in [-0.2, 0) is 4.74 Å². The van der Waals surface area contributed by atoms with Crippen LogP contribution in [0, 0.1) is 20.2 Å². The minimum atomic E-state index is -2.34. The molecular formula is C6H10BrN3O5. The largest absolute Gasteiger partial charge is 0.523 e. The van der Waals surface area contributed by atoms with Crippen molar-refractivity contribution >= 4 is 15.9 Å². The van der Waals surface area contributed by atoms with Gasteiger partial charge < -0.3 is 4.74 Å². The number of alkyl halides is 1. The molecule has 1 aliphatic heterocycles. The lowest BCUT2D eigenvalue weighted by molar-refractivity contribution is -0.758. The molecule has 0 unspecified atom stereocenters. The Bertz CT molecular complexity index is 253. The van der Waals surface area contributed by atoms with E-state index in [0.717, 1.165) is 6.42 Å². The fourth-order valence-corrected chi connectivity index (χ4v) is 1.59. The first-order valence-electron chi connectivity index (χ1n) is 4.25. The molecule has 15 heavy (non-hydrogen) atoms. The van der Waals surface area contributed by atoms with Crippen molar-refractivity contribution in [1.29, 1.82) is 0 Å². The highest BCUT2D eigenvalue weighted by molar-refractivity contribution is 9.09. The van der Waals surface area contributed by atoms with Crippen LogP contribution in [0.25, 0.3) is 0 Å². The fraction of sp³-hybridized carbons (Fsp3) is 1.00. The van der Waals surface area contributed by atoms with Gasteiger partial charge in [-0.15, -0.1) is 0 Å². The van der Waals surface area contributed by atoms with Gasteiger partial charge >= 0.3 is 4.57 Å². The van der Waals surface area contributed by atoms with Crippen molar-refractivity contribution in [3.63, 3.8) is 0 Å². The van der Waals surface area contributed by atoms with Crippen molar-refractivity contribution in [2.75, 3.05) is 26.4 Å². The van der Waals surface area contributed by atoms with Crippen LogP contribution in [0.3, 0.4) is 0 Å². The van der Waals surface area contributed by atoms with Gasteiger partial charge in [0.05, 0.1) is 22.7 Å². The third kappa shape index (κ3) is 2.83. The molecule has 0 N–H and O–H groups in total. The molecule has 1 rings (SSSR count). The van der Waals surface area contributed by atoms with Crippen molar-refractivity contribution in [3.8, 4) is 0 Å². The highest BCUT2D eigenvalue weighted by atomic mass is 79.9. The molecule has 1 heterocycles. The van der Waals surface area contributed by atoms with Crippen molar-refractivity contribution in [2.45, 2.75) is 11.0 Å². The summed E-state index contributed by atoms with van der Waals surface area (Å²) in [5, 5.41) is 21.2. The van der Waals surface area contributed by atoms with E-state index in [1.807, 2.05) is 0 Å². The monoisotopic (exact) mass is 283 g/mol. The second-order valence-electron chi connectivity index (χ2n) is 3.18. The molecule has 0 radical (unpaired) electrons. The number of ether oxygens (including phenoxy) is 1. The lowest BCUT2D eigenvalue weighted by Crippen LogP contribution is -2.51. The van der Waals surface area contributed by atoms with Crippen LogP contribution in [0.4, 0.5) is 0 Å². The van der Waals surface area contributed by atoms with Gasteiger partial charge in [-0.3, -0.25) is 25.1 Å². The van der Waals surface area contributed by atoms with Crippen molar-refractivity contribution < 1.29 is 14.6 Å². The second-order valence-corrected chi connectivity index (χ2v) is 4.45. The maximum absolute atomic E-state index is 10.6. The van der Waals surface area contributed by atoms with Crippen LogP contribution >= 0.6 is 15.9 Å². The molecule has 9 heteroatoms. The summed E-state index contributed by atoms with van der Waals surface area (Å²) < 4.78 is 2.71. The molecule has 0 aliphatic carbocycles. The van der Waals surface area contributed by atoms with Gasteiger partial charge in [0.1, 0.15) is 9.85 Å². The van der Waals surface area contributed by atoms with Gasteiger partial charge in [-0.1, -0.05) is 0 Å². The predicted molar refractivity (Wildman–Crippen MR) is 52.7 cm³/mol. The van der Waals surface area contributed by atoms with Crippen LogP contribution in [0.2, 0.25) is 0 Å². The number of halogens is 1. The SMILES string of the molecule is O=[N+]([O-])C(Br)(CN1CCCOC1)[N+](=O)[O-]. The van der Waals surface area contributed by atoms with E-state index in [-0.39, 0.29) is 13.3 Å². The molecule has 0 atom stereocenters. The Morgan fingerprint density at radius 2 is 2.00 bits per heavy atom. The molecule has 0 aromatic heterocycles. The van der Waals surface area contributed by atoms with Crippen LogP contribution in [0.5, 0.6) is 0 Å². The van der Waals surface area contributed by atoms with Crippen molar-refractivity contribution in [2.24, 2.45) is 0 Å².